The maximum absolute atomic E-state index is 12.6. The number of hydrogen-bond acceptors (Lipinski definition) is 4. The fourth-order valence-electron chi connectivity index (χ4n) is 3.36. The Bertz CT molecular complexity index is 622. The van der Waals surface area contributed by atoms with E-state index in [1.54, 1.807) is 11.8 Å². The second-order valence-corrected chi connectivity index (χ2v) is 7.28. The smallest absolute Gasteiger partial charge is 0.165 e. The predicted octanol–water partition coefficient (Wildman–Crippen LogP) is 3.20. The third kappa shape index (κ3) is 2.50. The molecule has 1 aromatic rings. The van der Waals surface area contributed by atoms with Crippen molar-refractivity contribution in [2.75, 3.05) is 7.11 Å². The predicted molar refractivity (Wildman–Crippen MR) is 87.5 cm³/mol. The van der Waals surface area contributed by atoms with Gasteiger partial charge in [-0.25, -0.2) is 0 Å². The van der Waals surface area contributed by atoms with Gasteiger partial charge in [-0.1, -0.05) is 37.3 Å². The number of aliphatic hydroxyl groups is 1. The Morgan fingerprint density at radius 2 is 2.05 bits per heavy atom. The summed E-state index contributed by atoms with van der Waals surface area (Å²) in [6, 6.07) is 10.1. The molecule has 22 heavy (non-hydrogen) atoms. The van der Waals surface area contributed by atoms with Gasteiger partial charge in [0.05, 0.1) is 7.11 Å². The molecule has 4 heteroatoms. The number of carbonyl (C=O) groups is 1. The Labute approximate surface area is 135 Å². The van der Waals surface area contributed by atoms with Crippen molar-refractivity contribution in [3.63, 3.8) is 0 Å². The molecule has 3 nitrogen and oxygen atoms in total. The number of fused-ring (bicyclic) bond motifs is 1. The van der Waals surface area contributed by atoms with Crippen LogP contribution in [0, 0.1) is 11.3 Å². The van der Waals surface area contributed by atoms with Gasteiger partial charge in [0.25, 0.3) is 0 Å². The van der Waals surface area contributed by atoms with Crippen LogP contribution in [0.4, 0.5) is 0 Å². The molecule has 0 aromatic heterocycles. The number of ether oxygens (including phenoxy) is 1. The zero-order chi connectivity index (χ0) is 15.7. The first-order valence-electron chi connectivity index (χ1n) is 7.43. The minimum atomic E-state index is -0.751. The minimum absolute atomic E-state index is 0.0407. The van der Waals surface area contributed by atoms with E-state index in [4.69, 9.17) is 4.74 Å². The van der Waals surface area contributed by atoms with E-state index in [0.717, 1.165) is 4.90 Å². The standard InChI is InChI=1S/C18H20O3S/c1-18-10-6-9-14(22-12-7-4-3-5-8-12)16(18)17(20)13(21-2)11-15(18)19/h3-9,11,14,16-17,20H,10H2,1-2H3/t14-,16+,17+,18-/m1/s1. The molecule has 0 fully saturated rings. The Morgan fingerprint density at radius 1 is 1.32 bits per heavy atom. The van der Waals surface area contributed by atoms with Crippen molar-refractivity contribution in [2.24, 2.45) is 11.3 Å². The van der Waals surface area contributed by atoms with Crippen LogP contribution in [0.25, 0.3) is 0 Å². The van der Waals surface area contributed by atoms with Gasteiger partial charge in [0.15, 0.2) is 5.78 Å². The van der Waals surface area contributed by atoms with Crippen molar-refractivity contribution < 1.29 is 14.6 Å². The molecule has 116 valence electrons. The zero-order valence-electron chi connectivity index (χ0n) is 12.7. The number of ketones is 1. The lowest BCUT2D eigenvalue weighted by atomic mass is 9.62. The lowest BCUT2D eigenvalue weighted by Gasteiger charge is -2.46. The van der Waals surface area contributed by atoms with Gasteiger partial charge in [-0.3, -0.25) is 4.79 Å². The van der Waals surface area contributed by atoms with Crippen LogP contribution in [0.2, 0.25) is 0 Å². The molecule has 0 bridgehead atoms. The molecule has 3 rings (SSSR count). The van der Waals surface area contributed by atoms with Gasteiger partial charge in [-0.05, 0) is 18.6 Å². The Morgan fingerprint density at radius 3 is 2.73 bits per heavy atom. The summed E-state index contributed by atoms with van der Waals surface area (Å²) in [6.07, 6.45) is 5.54. The van der Waals surface area contributed by atoms with Crippen LogP contribution in [0.3, 0.4) is 0 Å². The highest BCUT2D eigenvalue weighted by Crippen LogP contribution is 2.50. The highest BCUT2D eigenvalue weighted by atomic mass is 32.2. The van der Waals surface area contributed by atoms with E-state index in [-0.39, 0.29) is 17.0 Å². The largest absolute Gasteiger partial charge is 0.498 e. The van der Waals surface area contributed by atoms with Crippen LogP contribution < -0.4 is 0 Å². The van der Waals surface area contributed by atoms with Gasteiger partial charge in [0, 0.05) is 27.6 Å². The summed E-state index contributed by atoms with van der Waals surface area (Å²) >= 11 is 1.69. The summed E-state index contributed by atoms with van der Waals surface area (Å²) < 4.78 is 5.22. The van der Waals surface area contributed by atoms with E-state index in [9.17, 15) is 9.90 Å². The minimum Gasteiger partial charge on any atom is -0.498 e. The molecule has 0 aliphatic heterocycles. The molecular weight excluding hydrogens is 296 g/mol. The number of thioether (sulfide) groups is 1. The zero-order valence-corrected chi connectivity index (χ0v) is 13.5. The molecule has 0 heterocycles. The van der Waals surface area contributed by atoms with Crippen LogP contribution in [-0.4, -0.2) is 29.4 Å². The second-order valence-electron chi connectivity index (χ2n) is 6.03. The molecule has 0 saturated carbocycles. The van der Waals surface area contributed by atoms with Gasteiger partial charge >= 0.3 is 0 Å². The summed E-state index contributed by atoms with van der Waals surface area (Å²) in [7, 11) is 1.50. The quantitative estimate of drug-likeness (QED) is 0.870. The van der Waals surface area contributed by atoms with Gasteiger partial charge in [0.2, 0.25) is 0 Å². The van der Waals surface area contributed by atoms with Crippen molar-refractivity contribution in [1.82, 2.24) is 0 Å². The van der Waals surface area contributed by atoms with Crippen LogP contribution >= 0.6 is 11.8 Å². The maximum Gasteiger partial charge on any atom is 0.165 e. The van der Waals surface area contributed by atoms with E-state index >= 15 is 0 Å². The van der Waals surface area contributed by atoms with E-state index in [1.165, 1.54) is 13.2 Å². The third-order valence-corrected chi connectivity index (χ3v) is 5.94. The Kier molecular flexibility index (Phi) is 4.15. The highest BCUT2D eigenvalue weighted by molar-refractivity contribution is 8.00. The molecule has 1 N–H and O–H groups in total. The molecular formula is C18H20O3S. The van der Waals surface area contributed by atoms with Gasteiger partial charge in [-0.2, -0.15) is 0 Å². The van der Waals surface area contributed by atoms with Crippen molar-refractivity contribution in [2.45, 2.75) is 29.6 Å². The first-order chi connectivity index (χ1) is 10.6. The van der Waals surface area contributed by atoms with Crippen LogP contribution in [0.5, 0.6) is 0 Å². The molecule has 4 atom stereocenters. The Balaban J connectivity index is 1.95. The SMILES string of the molecule is COC1=CC(=O)[C@@]2(C)CC=C[C@@H](Sc3ccccc3)[C@H]2[C@H]1O. The summed E-state index contributed by atoms with van der Waals surface area (Å²) in [4.78, 5) is 13.7. The van der Waals surface area contributed by atoms with Crippen LogP contribution in [-0.2, 0) is 9.53 Å². The van der Waals surface area contributed by atoms with Crippen LogP contribution in [0.15, 0.2) is 59.2 Å². The summed E-state index contributed by atoms with van der Waals surface area (Å²) in [5.41, 5.74) is -0.567. The van der Waals surface area contributed by atoms with E-state index < -0.39 is 11.5 Å². The van der Waals surface area contributed by atoms with Gasteiger partial charge in [-0.15, -0.1) is 11.8 Å². The number of aliphatic hydroxyl groups excluding tert-OH is 1. The van der Waals surface area contributed by atoms with Crippen LogP contribution in [0.1, 0.15) is 13.3 Å². The molecule has 2 aliphatic carbocycles. The molecule has 0 unspecified atom stereocenters. The number of hydrogen-bond donors (Lipinski definition) is 1. The fourth-order valence-corrected chi connectivity index (χ4v) is 4.78. The topological polar surface area (TPSA) is 46.5 Å². The first kappa shape index (κ1) is 15.4. The van der Waals surface area contributed by atoms with Gasteiger partial charge < -0.3 is 9.84 Å². The van der Waals surface area contributed by atoms with Gasteiger partial charge in [0.1, 0.15) is 11.9 Å². The maximum atomic E-state index is 12.6. The van der Waals surface area contributed by atoms with E-state index in [0.29, 0.717) is 12.2 Å². The lowest BCUT2D eigenvalue weighted by molar-refractivity contribution is -0.131. The average molecular weight is 316 g/mol. The van der Waals surface area contributed by atoms with Crippen molar-refractivity contribution in [3.05, 3.63) is 54.3 Å². The molecule has 1 aromatic carbocycles. The normalized spacial score (nSPS) is 34.0. The number of benzene rings is 1. The third-order valence-electron chi connectivity index (χ3n) is 4.68. The Hall–Kier alpha value is -1.52. The van der Waals surface area contributed by atoms with E-state index in [2.05, 4.69) is 24.3 Å². The molecule has 0 saturated heterocycles. The fraction of sp³-hybridized carbons (Fsp3) is 0.389. The van der Waals surface area contributed by atoms with Crippen molar-refractivity contribution >= 4 is 17.5 Å². The second kappa shape index (κ2) is 5.94. The number of methoxy groups -OCH3 is 1. The van der Waals surface area contributed by atoms with Crippen molar-refractivity contribution in [3.8, 4) is 0 Å². The van der Waals surface area contributed by atoms with E-state index in [1.807, 2.05) is 25.1 Å². The highest BCUT2D eigenvalue weighted by Gasteiger charge is 2.52. The van der Waals surface area contributed by atoms with Crippen molar-refractivity contribution in [1.29, 1.82) is 0 Å². The molecule has 0 amide bonds. The molecule has 0 radical (unpaired) electrons. The monoisotopic (exact) mass is 316 g/mol. The number of carbonyl (C=O) groups excluding carboxylic acids is 1. The molecule has 0 spiro atoms. The summed E-state index contributed by atoms with van der Waals surface area (Å²) in [5, 5.41) is 10.7. The lowest BCUT2D eigenvalue weighted by Crippen LogP contribution is -2.51. The summed E-state index contributed by atoms with van der Waals surface area (Å²) in [6.45, 7) is 1.95. The number of allylic oxidation sites excluding steroid dienone is 2. The molecule has 2 aliphatic rings. The average Bonchev–Trinajstić information content (AvgIpc) is 2.52. The number of rotatable bonds is 3. The summed E-state index contributed by atoms with van der Waals surface area (Å²) in [5.74, 6) is 0.235. The first-order valence-corrected chi connectivity index (χ1v) is 8.30.